The molecule has 7 heteroatoms. The zero-order valence-corrected chi connectivity index (χ0v) is 13.5. The second kappa shape index (κ2) is 9.61. The third-order valence-corrected chi connectivity index (χ3v) is 3.47. The second-order valence-electron chi connectivity index (χ2n) is 5.18. The maximum atomic E-state index is 12.9. The molecule has 124 valence electrons. The van der Waals surface area contributed by atoms with E-state index in [0.29, 0.717) is 31.5 Å². The maximum absolute atomic E-state index is 12.9. The lowest BCUT2D eigenvalue weighted by molar-refractivity contribution is -0.123. The first kappa shape index (κ1) is 18.7. The van der Waals surface area contributed by atoms with Gasteiger partial charge >= 0.3 is 0 Å². The highest BCUT2D eigenvalue weighted by Gasteiger charge is 2.19. The predicted molar refractivity (Wildman–Crippen MR) is 86.1 cm³/mol. The Balaban J connectivity index is 0.00000242. The van der Waals surface area contributed by atoms with Crippen LogP contribution < -0.4 is 15.4 Å². The number of carbonyl (C=O) groups is 1. The minimum atomic E-state index is -0.329. The molecule has 0 saturated carbocycles. The Labute approximate surface area is 136 Å². The molecule has 1 fully saturated rings. The van der Waals surface area contributed by atoms with E-state index >= 15 is 0 Å². The number of amides is 1. The van der Waals surface area contributed by atoms with Gasteiger partial charge in [-0.15, -0.1) is 12.4 Å². The van der Waals surface area contributed by atoms with Gasteiger partial charge in [0, 0.05) is 31.7 Å². The van der Waals surface area contributed by atoms with Crippen molar-refractivity contribution in [3.05, 3.63) is 30.1 Å². The van der Waals surface area contributed by atoms with Crippen LogP contribution in [-0.2, 0) is 4.79 Å². The van der Waals surface area contributed by atoms with Crippen LogP contribution in [0.15, 0.2) is 24.3 Å². The number of hydrogen-bond acceptors (Lipinski definition) is 4. The molecular weight excluding hydrogens is 309 g/mol. The van der Waals surface area contributed by atoms with Gasteiger partial charge in [0.05, 0.1) is 13.1 Å². The van der Waals surface area contributed by atoms with E-state index in [4.69, 9.17) is 4.74 Å². The fourth-order valence-corrected chi connectivity index (χ4v) is 2.27. The van der Waals surface area contributed by atoms with Gasteiger partial charge in [0.15, 0.2) is 0 Å². The second-order valence-corrected chi connectivity index (χ2v) is 5.18. The van der Waals surface area contributed by atoms with Crippen molar-refractivity contribution in [3.63, 3.8) is 0 Å². The lowest BCUT2D eigenvalue weighted by atomic mass is 10.2. The van der Waals surface area contributed by atoms with Crippen molar-refractivity contribution in [2.45, 2.75) is 13.0 Å². The highest BCUT2D eigenvalue weighted by atomic mass is 35.5. The van der Waals surface area contributed by atoms with E-state index in [2.05, 4.69) is 22.5 Å². The van der Waals surface area contributed by atoms with Crippen molar-refractivity contribution in [1.82, 2.24) is 15.5 Å². The molecule has 22 heavy (non-hydrogen) atoms. The highest BCUT2D eigenvalue weighted by Crippen LogP contribution is 2.11. The van der Waals surface area contributed by atoms with E-state index in [1.165, 1.54) is 12.1 Å². The van der Waals surface area contributed by atoms with Crippen molar-refractivity contribution in [2.75, 3.05) is 39.3 Å². The summed E-state index contributed by atoms with van der Waals surface area (Å²) in [4.78, 5) is 14.0. The van der Waals surface area contributed by atoms with Gasteiger partial charge in [-0.25, -0.2) is 4.39 Å². The SMILES string of the molecule is C[C@@H]1CNCCN1CC(=O)NCCOc1cccc(F)c1.Cl. The quantitative estimate of drug-likeness (QED) is 0.765. The number of halogens is 2. The van der Waals surface area contributed by atoms with Crippen LogP contribution in [0.5, 0.6) is 5.75 Å². The molecular formula is C15H23ClFN3O2. The topological polar surface area (TPSA) is 53.6 Å². The Kier molecular flexibility index (Phi) is 8.16. The van der Waals surface area contributed by atoms with Crippen molar-refractivity contribution in [3.8, 4) is 5.75 Å². The number of benzene rings is 1. The summed E-state index contributed by atoms with van der Waals surface area (Å²) in [6, 6.07) is 6.34. The Hall–Kier alpha value is -1.37. The number of carbonyl (C=O) groups excluding carboxylic acids is 1. The van der Waals surface area contributed by atoms with E-state index in [1.54, 1.807) is 12.1 Å². The lowest BCUT2D eigenvalue weighted by Crippen LogP contribution is -2.52. The fourth-order valence-electron chi connectivity index (χ4n) is 2.27. The normalized spacial score (nSPS) is 18.4. The van der Waals surface area contributed by atoms with Gasteiger partial charge in [0.2, 0.25) is 5.91 Å². The summed E-state index contributed by atoms with van der Waals surface area (Å²) in [5.41, 5.74) is 0. The van der Waals surface area contributed by atoms with Crippen molar-refractivity contribution in [1.29, 1.82) is 0 Å². The summed E-state index contributed by atoms with van der Waals surface area (Å²) in [7, 11) is 0. The zero-order valence-electron chi connectivity index (χ0n) is 12.7. The lowest BCUT2D eigenvalue weighted by Gasteiger charge is -2.33. The maximum Gasteiger partial charge on any atom is 0.234 e. The largest absolute Gasteiger partial charge is 0.492 e. The molecule has 0 aliphatic carbocycles. The molecule has 1 heterocycles. The minimum absolute atomic E-state index is 0. The molecule has 0 bridgehead atoms. The molecule has 1 amide bonds. The van der Waals surface area contributed by atoms with Crippen molar-refractivity contribution >= 4 is 18.3 Å². The standard InChI is InChI=1S/C15H22FN3O2.ClH/c1-12-10-17-5-7-19(12)11-15(20)18-6-8-21-14-4-2-3-13(16)9-14;/h2-4,9,12,17H,5-8,10-11H2,1H3,(H,18,20);1H/t12-;/m1./s1. The van der Waals surface area contributed by atoms with Gasteiger partial charge in [-0.1, -0.05) is 6.07 Å². The van der Waals surface area contributed by atoms with Crippen LogP contribution in [0.25, 0.3) is 0 Å². The van der Waals surface area contributed by atoms with Gasteiger partial charge in [0.25, 0.3) is 0 Å². The Morgan fingerprint density at radius 2 is 2.36 bits per heavy atom. The van der Waals surface area contributed by atoms with E-state index in [0.717, 1.165) is 19.6 Å². The summed E-state index contributed by atoms with van der Waals surface area (Å²) in [5, 5.41) is 6.10. The first-order chi connectivity index (χ1) is 10.1. The minimum Gasteiger partial charge on any atom is -0.492 e. The first-order valence-corrected chi connectivity index (χ1v) is 7.25. The molecule has 1 saturated heterocycles. The van der Waals surface area contributed by atoms with Crippen LogP contribution in [-0.4, -0.2) is 56.2 Å². The summed E-state index contributed by atoms with van der Waals surface area (Å²) in [6.07, 6.45) is 0. The highest BCUT2D eigenvalue weighted by molar-refractivity contribution is 5.85. The van der Waals surface area contributed by atoms with E-state index in [1.807, 2.05) is 0 Å². The molecule has 2 N–H and O–H groups in total. The van der Waals surface area contributed by atoms with Crippen LogP contribution >= 0.6 is 12.4 Å². The Morgan fingerprint density at radius 3 is 3.09 bits per heavy atom. The molecule has 1 aromatic rings. The molecule has 1 aliphatic rings. The van der Waals surface area contributed by atoms with Crippen LogP contribution in [0.3, 0.4) is 0 Å². The van der Waals surface area contributed by atoms with Crippen LogP contribution in [0, 0.1) is 5.82 Å². The number of rotatable bonds is 6. The van der Waals surface area contributed by atoms with Gasteiger partial charge < -0.3 is 15.4 Å². The number of nitrogens with one attached hydrogen (secondary N) is 2. The number of nitrogens with zero attached hydrogens (tertiary/aromatic N) is 1. The molecule has 1 atom stereocenters. The number of ether oxygens (including phenoxy) is 1. The molecule has 5 nitrogen and oxygen atoms in total. The van der Waals surface area contributed by atoms with Gasteiger partial charge in [-0.2, -0.15) is 0 Å². The summed E-state index contributed by atoms with van der Waals surface area (Å²) in [6.45, 7) is 5.96. The molecule has 1 aromatic carbocycles. The van der Waals surface area contributed by atoms with Crippen LogP contribution in [0.2, 0.25) is 0 Å². The number of hydrogen-bond donors (Lipinski definition) is 2. The average molecular weight is 332 g/mol. The summed E-state index contributed by atoms with van der Waals surface area (Å²) in [5.74, 6) is 0.135. The smallest absolute Gasteiger partial charge is 0.234 e. The zero-order chi connectivity index (χ0) is 15.1. The molecule has 0 aromatic heterocycles. The Morgan fingerprint density at radius 1 is 1.55 bits per heavy atom. The summed E-state index contributed by atoms with van der Waals surface area (Å²) < 4.78 is 18.3. The molecule has 0 spiro atoms. The molecule has 0 radical (unpaired) electrons. The first-order valence-electron chi connectivity index (χ1n) is 7.25. The predicted octanol–water partition coefficient (Wildman–Crippen LogP) is 1.04. The van der Waals surface area contributed by atoms with Crippen LogP contribution in [0.1, 0.15) is 6.92 Å². The van der Waals surface area contributed by atoms with Gasteiger partial charge in [0.1, 0.15) is 18.2 Å². The Bertz CT molecular complexity index is 476. The average Bonchev–Trinajstić information content (AvgIpc) is 2.46. The third kappa shape index (κ3) is 6.17. The van der Waals surface area contributed by atoms with E-state index in [9.17, 15) is 9.18 Å². The third-order valence-electron chi connectivity index (χ3n) is 3.47. The van der Waals surface area contributed by atoms with Gasteiger partial charge in [-0.05, 0) is 19.1 Å². The van der Waals surface area contributed by atoms with Crippen molar-refractivity contribution in [2.24, 2.45) is 0 Å². The molecule has 2 rings (SSSR count). The fraction of sp³-hybridized carbons (Fsp3) is 0.533. The van der Waals surface area contributed by atoms with Crippen molar-refractivity contribution < 1.29 is 13.9 Å². The van der Waals surface area contributed by atoms with Crippen LogP contribution in [0.4, 0.5) is 4.39 Å². The van der Waals surface area contributed by atoms with Gasteiger partial charge in [-0.3, -0.25) is 9.69 Å². The number of piperazine rings is 1. The summed E-state index contributed by atoms with van der Waals surface area (Å²) >= 11 is 0. The van der Waals surface area contributed by atoms with E-state index < -0.39 is 0 Å². The van der Waals surface area contributed by atoms with E-state index in [-0.39, 0.29) is 24.1 Å². The molecule has 1 aliphatic heterocycles. The monoisotopic (exact) mass is 331 g/mol. The molecule has 0 unspecified atom stereocenters.